The number of morpholine rings is 1. The summed E-state index contributed by atoms with van der Waals surface area (Å²) in [5, 5.41) is 4.19. The van der Waals surface area contributed by atoms with Crippen molar-refractivity contribution in [3.63, 3.8) is 0 Å². The number of amides is 2. The third kappa shape index (κ3) is 4.22. The molecular formula is C15H24N4O4. The lowest BCUT2D eigenvalue weighted by Gasteiger charge is -2.34. The summed E-state index contributed by atoms with van der Waals surface area (Å²) in [6.07, 6.45) is -0.000286. The fraction of sp³-hybridized carbons (Fsp3) is 0.667. The molecule has 23 heavy (non-hydrogen) atoms. The lowest BCUT2D eigenvalue weighted by molar-refractivity contribution is -0.130. The van der Waals surface area contributed by atoms with Crippen LogP contribution in [0.5, 0.6) is 5.88 Å². The van der Waals surface area contributed by atoms with Crippen molar-refractivity contribution in [3.8, 4) is 5.88 Å². The van der Waals surface area contributed by atoms with Crippen LogP contribution in [0.3, 0.4) is 0 Å². The van der Waals surface area contributed by atoms with Gasteiger partial charge in [-0.2, -0.15) is 5.10 Å². The van der Waals surface area contributed by atoms with E-state index >= 15 is 0 Å². The Morgan fingerprint density at radius 1 is 1.35 bits per heavy atom. The van der Waals surface area contributed by atoms with Gasteiger partial charge in [-0.05, 0) is 13.8 Å². The number of nitrogens with zero attached hydrogens (tertiary/aromatic N) is 4. The molecule has 2 amide bonds. The van der Waals surface area contributed by atoms with E-state index in [1.165, 1.54) is 9.58 Å². The summed E-state index contributed by atoms with van der Waals surface area (Å²) >= 11 is 0. The van der Waals surface area contributed by atoms with Gasteiger partial charge >= 0.3 is 0 Å². The van der Waals surface area contributed by atoms with Gasteiger partial charge in [-0.25, -0.2) is 4.68 Å². The number of aryl methyl sites for hydroxylation is 1. The molecule has 1 aromatic rings. The molecular weight excluding hydrogens is 300 g/mol. The number of hydrogen-bond donors (Lipinski definition) is 0. The largest absolute Gasteiger partial charge is 0.468 e. The highest BCUT2D eigenvalue weighted by Gasteiger charge is 2.28. The lowest BCUT2D eigenvalue weighted by Crippen LogP contribution is -2.48. The molecule has 0 radical (unpaired) electrons. The maximum Gasteiger partial charge on any atom is 0.274 e. The zero-order valence-corrected chi connectivity index (χ0v) is 14.3. The molecule has 128 valence electrons. The van der Waals surface area contributed by atoms with Gasteiger partial charge in [0, 0.05) is 40.3 Å². The summed E-state index contributed by atoms with van der Waals surface area (Å²) < 4.78 is 12.5. The highest BCUT2D eigenvalue weighted by atomic mass is 16.5. The third-order valence-electron chi connectivity index (χ3n) is 3.61. The van der Waals surface area contributed by atoms with Gasteiger partial charge in [0.25, 0.3) is 11.8 Å². The predicted molar refractivity (Wildman–Crippen MR) is 83.3 cm³/mol. The first-order chi connectivity index (χ1) is 10.8. The van der Waals surface area contributed by atoms with Crippen LogP contribution in [0.2, 0.25) is 0 Å². The van der Waals surface area contributed by atoms with Gasteiger partial charge in [-0.3, -0.25) is 9.59 Å². The molecule has 2 heterocycles. The van der Waals surface area contributed by atoms with E-state index in [9.17, 15) is 9.59 Å². The van der Waals surface area contributed by atoms with Crippen LogP contribution in [0.15, 0.2) is 6.07 Å². The van der Waals surface area contributed by atoms with Gasteiger partial charge in [0.05, 0.1) is 12.2 Å². The van der Waals surface area contributed by atoms with Crippen molar-refractivity contribution in [2.45, 2.75) is 26.1 Å². The summed E-state index contributed by atoms with van der Waals surface area (Å²) in [6, 6.07) is 1.57. The number of hydrogen-bond acceptors (Lipinski definition) is 5. The molecule has 1 saturated heterocycles. The second-order valence-electron chi connectivity index (χ2n) is 6.04. The van der Waals surface area contributed by atoms with E-state index in [1.807, 2.05) is 13.8 Å². The average molecular weight is 324 g/mol. The summed E-state index contributed by atoms with van der Waals surface area (Å²) in [6.45, 7) is 4.86. The number of aromatic nitrogens is 2. The summed E-state index contributed by atoms with van der Waals surface area (Å²) in [5.41, 5.74) is 0.307. The van der Waals surface area contributed by atoms with Crippen molar-refractivity contribution in [2.75, 3.05) is 33.8 Å². The number of ether oxygens (including phenoxy) is 2. The molecule has 0 bridgehead atoms. The maximum absolute atomic E-state index is 12.6. The van der Waals surface area contributed by atoms with Gasteiger partial charge in [0.1, 0.15) is 0 Å². The molecule has 2 atom stereocenters. The Morgan fingerprint density at radius 3 is 2.52 bits per heavy atom. The Hall–Kier alpha value is -2.09. The Labute approximate surface area is 135 Å². The summed E-state index contributed by atoms with van der Waals surface area (Å²) in [4.78, 5) is 27.3. The molecule has 1 fully saturated rings. The van der Waals surface area contributed by atoms with Crippen molar-refractivity contribution in [3.05, 3.63) is 11.8 Å². The molecule has 0 spiro atoms. The molecule has 8 nitrogen and oxygen atoms in total. The van der Waals surface area contributed by atoms with Crippen molar-refractivity contribution in [1.82, 2.24) is 19.6 Å². The first-order valence-corrected chi connectivity index (χ1v) is 7.59. The molecule has 1 aliphatic heterocycles. The second-order valence-corrected chi connectivity index (χ2v) is 6.04. The number of likely N-dealkylation sites (N-methyl/N-ethyl adjacent to an activating group) is 1. The van der Waals surface area contributed by atoms with Crippen LogP contribution in [0.25, 0.3) is 0 Å². The quantitative estimate of drug-likeness (QED) is 0.787. The highest BCUT2D eigenvalue weighted by molar-refractivity contribution is 5.92. The standard InChI is InChI=1S/C15H24N4O4/c1-10-7-19(8-11(2)23-10)15(21)12-6-14(18(5)16-12)22-9-13(20)17(3)4/h6,10-11H,7-9H2,1-5H3/t10-,11-/m1/s1. The Bertz CT molecular complexity index is 574. The Balaban J connectivity index is 2.04. The van der Waals surface area contributed by atoms with Gasteiger partial charge in [0.15, 0.2) is 12.3 Å². The zero-order valence-electron chi connectivity index (χ0n) is 14.3. The Kier molecular flexibility index (Phi) is 5.25. The van der Waals surface area contributed by atoms with E-state index in [4.69, 9.17) is 9.47 Å². The maximum atomic E-state index is 12.6. The fourth-order valence-electron chi connectivity index (χ4n) is 2.46. The molecule has 1 aliphatic rings. The second kappa shape index (κ2) is 6.99. The molecule has 0 saturated carbocycles. The molecule has 8 heteroatoms. The number of carbonyl (C=O) groups excluding carboxylic acids is 2. The van der Waals surface area contributed by atoms with Crippen molar-refractivity contribution in [1.29, 1.82) is 0 Å². The minimum absolute atomic E-state index is 0.000143. The minimum Gasteiger partial charge on any atom is -0.468 e. The monoisotopic (exact) mass is 324 g/mol. The molecule has 0 aliphatic carbocycles. The molecule has 0 N–H and O–H groups in total. The highest BCUT2D eigenvalue weighted by Crippen LogP contribution is 2.17. The topological polar surface area (TPSA) is 76.9 Å². The average Bonchev–Trinajstić information content (AvgIpc) is 2.83. The first-order valence-electron chi connectivity index (χ1n) is 7.59. The Morgan fingerprint density at radius 2 is 1.96 bits per heavy atom. The SMILES string of the molecule is C[C@@H]1CN(C(=O)c2cc(OCC(=O)N(C)C)n(C)n2)C[C@@H](C)O1. The van der Waals surface area contributed by atoms with Gasteiger partial charge in [-0.15, -0.1) is 0 Å². The van der Waals surface area contributed by atoms with E-state index in [1.54, 1.807) is 32.1 Å². The minimum atomic E-state index is -0.157. The van der Waals surface area contributed by atoms with Crippen LogP contribution < -0.4 is 4.74 Å². The van der Waals surface area contributed by atoms with E-state index in [-0.39, 0.29) is 30.6 Å². The van der Waals surface area contributed by atoms with Gasteiger partial charge in [0.2, 0.25) is 5.88 Å². The van der Waals surface area contributed by atoms with Crippen LogP contribution in [-0.4, -0.2) is 77.4 Å². The van der Waals surface area contributed by atoms with E-state index in [0.29, 0.717) is 24.7 Å². The van der Waals surface area contributed by atoms with Gasteiger partial charge in [-0.1, -0.05) is 0 Å². The third-order valence-corrected chi connectivity index (χ3v) is 3.61. The van der Waals surface area contributed by atoms with Crippen LogP contribution >= 0.6 is 0 Å². The smallest absolute Gasteiger partial charge is 0.274 e. The summed E-state index contributed by atoms with van der Waals surface area (Å²) in [5.74, 6) is 0.0733. The molecule has 1 aromatic heterocycles. The zero-order chi connectivity index (χ0) is 17.1. The predicted octanol–water partition coefficient (Wildman–Crippen LogP) is 0.137. The van der Waals surface area contributed by atoms with E-state index in [2.05, 4.69) is 5.10 Å². The van der Waals surface area contributed by atoms with Crippen molar-refractivity contribution >= 4 is 11.8 Å². The number of carbonyl (C=O) groups is 2. The molecule has 0 aromatic carbocycles. The van der Waals surface area contributed by atoms with E-state index in [0.717, 1.165) is 0 Å². The van der Waals surface area contributed by atoms with Crippen LogP contribution in [-0.2, 0) is 16.6 Å². The molecule has 2 rings (SSSR count). The first kappa shape index (κ1) is 17.3. The fourth-order valence-corrected chi connectivity index (χ4v) is 2.46. The lowest BCUT2D eigenvalue weighted by atomic mass is 10.2. The van der Waals surface area contributed by atoms with Crippen molar-refractivity contribution < 1.29 is 19.1 Å². The molecule has 0 unspecified atom stereocenters. The van der Waals surface area contributed by atoms with E-state index < -0.39 is 0 Å². The summed E-state index contributed by atoms with van der Waals surface area (Å²) in [7, 11) is 4.99. The normalized spacial score (nSPS) is 21.2. The van der Waals surface area contributed by atoms with Crippen LogP contribution in [0.1, 0.15) is 24.3 Å². The van der Waals surface area contributed by atoms with Crippen LogP contribution in [0, 0.1) is 0 Å². The van der Waals surface area contributed by atoms with Gasteiger partial charge < -0.3 is 19.3 Å². The number of rotatable bonds is 4. The van der Waals surface area contributed by atoms with Crippen LogP contribution in [0.4, 0.5) is 0 Å². The van der Waals surface area contributed by atoms with Crippen molar-refractivity contribution in [2.24, 2.45) is 7.05 Å².